The van der Waals surface area contributed by atoms with Gasteiger partial charge in [-0.15, -0.1) is 0 Å². The number of carbonyl (C=O) groups is 2. The Kier molecular flexibility index (Phi) is 6.26. The molecule has 2 unspecified atom stereocenters. The number of rotatable bonds is 8. The van der Waals surface area contributed by atoms with E-state index in [4.69, 9.17) is 11.6 Å². The van der Waals surface area contributed by atoms with Crippen LogP contribution in [0.1, 0.15) is 24.8 Å². The van der Waals surface area contributed by atoms with E-state index in [0.29, 0.717) is 0 Å². The predicted molar refractivity (Wildman–Crippen MR) is 125 cm³/mol. The molecule has 2 atom stereocenters. The number of hydrogen-bond acceptors (Lipinski definition) is 7. The molecule has 2 fully saturated rings. The Labute approximate surface area is 198 Å². The third-order valence-electron chi connectivity index (χ3n) is 6.43. The van der Waals surface area contributed by atoms with Crippen LogP contribution in [0, 0.1) is 0 Å². The molecular formula is C23H26ClN3O5S. The van der Waals surface area contributed by atoms with Gasteiger partial charge in [-0.05, 0) is 43.4 Å². The number of nitrogens with one attached hydrogen (secondary N) is 2. The molecular weight excluding hydrogens is 466 g/mol. The van der Waals surface area contributed by atoms with Crippen molar-refractivity contribution in [2.45, 2.75) is 48.2 Å². The van der Waals surface area contributed by atoms with Gasteiger partial charge >= 0.3 is 0 Å². The SMILES string of the molecule is CN(C)S(=O)(=O)c1c(Cl)ccc(NC2C(=O)C(=O)C2NC2(Cc3ccccc3)CCC2)c1O. The van der Waals surface area contributed by atoms with E-state index in [2.05, 4.69) is 10.6 Å². The largest absolute Gasteiger partial charge is 0.504 e. The van der Waals surface area contributed by atoms with Gasteiger partial charge in [-0.1, -0.05) is 41.9 Å². The van der Waals surface area contributed by atoms with Crippen LogP contribution in [0.4, 0.5) is 5.69 Å². The molecule has 0 aromatic heterocycles. The highest BCUT2D eigenvalue weighted by atomic mass is 35.5. The summed E-state index contributed by atoms with van der Waals surface area (Å²) < 4.78 is 26.1. The van der Waals surface area contributed by atoms with Gasteiger partial charge in [0, 0.05) is 19.6 Å². The van der Waals surface area contributed by atoms with Crippen molar-refractivity contribution in [2.75, 3.05) is 19.4 Å². The lowest BCUT2D eigenvalue weighted by Gasteiger charge is -2.48. The maximum atomic E-state index is 12.6. The molecule has 0 radical (unpaired) electrons. The molecule has 2 aliphatic rings. The Morgan fingerprint density at radius 1 is 1.06 bits per heavy atom. The van der Waals surface area contributed by atoms with Gasteiger partial charge in [0.1, 0.15) is 17.0 Å². The van der Waals surface area contributed by atoms with Gasteiger partial charge in [0.25, 0.3) is 0 Å². The number of phenols is 1. The summed E-state index contributed by atoms with van der Waals surface area (Å²) >= 11 is 6.06. The molecule has 10 heteroatoms. The van der Waals surface area contributed by atoms with E-state index in [1.807, 2.05) is 30.3 Å². The maximum Gasteiger partial charge on any atom is 0.247 e. The predicted octanol–water partition coefficient (Wildman–Crippen LogP) is 2.35. The first-order valence-corrected chi connectivity index (χ1v) is 12.5. The van der Waals surface area contributed by atoms with Crippen LogP contribution >= 0.6 is 11.6 Å². The van der Waals surface area contributed by atoms with Crippen molar-refractivity contribution >= 4 is 38.9 Å². The minimum atomic E-state index is -4.04. The average Bonchev–Trinajstić information content (AvgIpc) is 2.75. The number of anilines is 1. The molecule has 4 rings (SSSR count). The number of halogens is 1. The van der Waals surface area contributed by atoms with Gasteiger partial charge in [-0.25, -0.2) is 12.7 Å². The van der Waals surface area contributed by atoms with Gasteiger partial charge in [-0.2, -0.15) is 0 Å². The summed E-state index contributed by atoms with van der Waals surface area (Å²) in [5.74, 6) is -1.74. The highest BCUT2D eigenvalue weighted by Gasteiger charge is 2.53. The standard InChI is InChI=1S/C23H26ClN3O5S/c1-27(2)33(31,32)22-15(24)9-10-16(19(22)28)25-17-18(21(30)20(17)29)26-23(11-6-12-23)13-14-7-4-3-5-8-14/h3-5,7-10,17-18,25-26,28H,6,11-13H2,1-2H3. The number of benzene rings is 2. The molecule has 0 heterocycles. The van der Waals surface area contributed by atoms with Crippen molar-refractivity contribution in [3.8, 4) is 5.75 Å². The minimum absolute atomic E-state index is 0.0168. The Bertz CT molecular complexity index is 1200. The second-order valence-electron chi connectivity index (χ2n) is 8.83. The number of sulfonamides is 1. The molecule has 0 bridgehead atoms. The zero-order chi connectivity index (χ0) is 24.0. The van der Waals surface area contributed by atoms with Crippen molar-refractivity contribution in [2.24, 2.45) is 0 Å². The zero-order valence-corrected chi connectivity index (χ0v) is 19.9. The minimum Gasteiger partial charge on any atom is -0.504 e. The molecule has 176 valence electrons. The van der Waals surface area contributed by atoms with Crippen LogP contribution in [0.5, 0.6) is 5.75 Å². The Hall–Kier alpha value is -2.46. The van der Waals surface area contributed by atoms with Crippen LogP contribution in [-0.2, 0) is 26.0 Å². The van der Waals surface area contributed by atoms with Crippen molar-refractivity contribution < 1.29 is 23.1 Å². The summed E-state index contributed by atoms with van der Waals surface area (Å²) in [6.07, 6.45) is 3.51. The monoisotopic (exact) mass is 491 g/mol. The zero-order valence-electron chi connectivity index (χ0n) is 18.3. The summed E-state index contributed by atoms with van der Waals surface area (Å²) in [6.45, 7) is 0. The molecule has 33 heavy (non-hydrogen) atoms. The Morgan fingerprint density at radius 3 is 2.27 bits per heavy atom. The van der Waals surface area contributed by atoms with E-state index in [1.54, 1.807) is 0 Å². The lowest BCUT2D eigenvalue weighted by molar-refractivity contribution is -0.146. The van der Waals surface area contributed by atoms with Crippen LogP contribution in [0.3, 0.4) is 0 Å². The summed E-state index contributed by atoms with van der Waals surface area (Å²) in [7, 11) is -1.39. The van der Waals surface area contributed by atoms with Crippen LogP contribution in [0.2, 0.25) is 5.02 Å². The molecule has 0 spiro atoms. The fourth-order valence-corrected chi connectivity index (χ4v) is 5.84. The van der Waals surface area contributed by atoms with Crippen molar-refractivity contribution in [1.82, 2.24) is 9.62 Å². The summed E-state index contributed by atoms with van der Waals surface area (Å²) in [5.41, 5.74) is 0.869. The van der Waals surface area contributed by atoms with E-state index >= 15 is 0 Å². The first-order chi connectivity index (χ1) is 15.6. The molecule has 0 saturated heterocycles. The number of carbonyl (C=O) groups excluding carboxylic acids is 2. The first kappa shape index (κ1) is 23.7. The van der Waals surface area contributed by atoms with Crippen LogP contribution in [-0.4, -0.2) is 61.1 Å². The lowest BCUT2D eigenvalue weighted by atomic mass is 9.70. The third kappa shape index (κ3) is 4.26. The Balaban J connectivity index is 1.57. The highest BCUT2D eigenvalue weighted by molar-refractivity contribution is 7.89. The maximum absolute atomic E-state index is 12.6. The van der Waals surface area contributed by atoms with Gasteiger partial charge in [0.2, 0.25) is 21.6 Å². The molecule has 3 N–H and O–H groups in total. The second kappa shape index (κ2) is 8.72. The van der Waals surface area contributed by atoms with Crippen molar-refractivity contribution in [1.29, 1.82) is 0 Å². The van der Waals surface area contributed by atoms with Crippen LogP contribution in [0.15, 0.2) is 47.4 Å². The molecule has 2 aliphatic carbocycles. The molecule has 8 nitrogen and oxygen atoms in total. The summed E-state index contributed by atoms with van der Waals surface area (Å²) in [6, 6.07) is 11.0. The fourth-order valence-electron chi connectivity index (χ4n) is 4.36. The third-order valence-corrected chi connectivity index (χ3v) is 8.75. The van der Waals surface area contributed by atoms with Gasteiger partial charge in [-0.3, -0.25) is 14.9 Å². The van der Waals surface area contributed by atoms with E-state index in [9.17, 15) is 23.1 Å². The summed E-state index contributed by atoms with van der Waals surface area (Å²) in [4.78, 5) is 24.4. The smallest absolute Gasteiger partial charge is 0.247 e. The van der Waals surface area contributed by atoms with E-state index < -0.39 is 44.3 Å². The molecule has 2 aromatic carbocycles. The van der Waals surface area contributed by atoms with Crippen molar-refractivity contribution in [3.63, 3.8) is 0 Å². The van der Waals surface area contributed by atoms with Crippen LogP contribution in [0.25, 0.3) is 0 Å². The molecule has 2 saturated carbocycles. The molecule has 0 amide bonds. The quantitative estimate of drug-likeness (QED) is 0.383. The number of phenolic OH excluding ortho intramolecular Hbond substituents is 1. The van der Waals surface area contributed by atoms with E-state index in [0.717, 1.165) is 35.6 Å². The number of aromatic hydroxyl groups is 1. The first-order valence-electron chi connectivity index (χ1n) is 10.7. The number of hydrogen-bond donors (Lipinski definition) is 3. The van der Waals surface area contributed by atoms with Gasteiger partial charge in [0.15, 0.2) is 5.75 Å². The second-order valence-corrected chi connectivity index (χ2v) is 11.3. The number of ketones is 2. The lowest BCUT2D eigenvalue weighted by Crippen LogP contribution is -2.72. The molecule has 0 aliphatic heterocycles. The van der Waals surface area contributed by atoms with E-state index in [1.165, 1.54) is 26.2 Å². The average molecular weight is 492 g/mol. The van der Waals surface area contributed by atoms with Gasteiger partial charge in [0.05, 0.1) is 10.7 Å². The Morgan fingerprint density at radius 2 is 1.70 bits per heavy atom. The number of Topliss-reactive ketones (excluding diaryl/α,β-unsaturated/α-hetero) is 2. The van der Waals surface area contributed by atoms with E-state index in [-0.39, 0.29) is 16.2 Å². The topological polar surface area (TPSA) is 116 Å². The van der Waals surface area contributed by atoms with Gasteiger partial charge < -0.3 is 10.4 Å². The molecule has 2 aromatic rings. The fraction of sp³-hybridized carbons (Fsp3) is 0.391. The summed E-state index contributed by atoms with van der Waals surface area (Å²) in [5, 5.41) is 16.8. The normalized spacial score (nSPS) is 22.1. The number of nitrogens with zero attached hydrogens (tertiary/aromatic N) is 1. The van der Waals surface area contributed by atoms with Crippen LogP contribution < -0.4 is 10.6 Å². The van der Waals surface area contributed by atoms with Crippen molar-refractivity contribution in [3.05, 3.63) is 53.1 Å². The highest BCUT2D eigenvalue weighted by Crippen LogP contribution is 2.40.